The maximum Gasteiger partial charge on any atom is 0.318 e. The summed E-state index contributed by atoms with van der Waals surface area (Å²) in [6.45, 7) is 8.19. The smallest absolute Gasteiger partial charge is 0.318 e. The fraction of sp³-hybridized carbons (Fsp3) is 0.316. The molecule has 0 aliphatic rings. The second-order valence-electron chi connectivity index (χ2n) is 4.56. The number of hydrogen-bond acceptors (Lipinski definition) is 3. The first-order chi connectivity index (χ1) is 11.6. The molecule has 2 aromatic rings. The zero-order valence-electron chi connectivity index (χ0n) is 14.7. The van der Waals surface area contributed by atoms with E-state index in [1.165, 1.54) is 18.4 Å². The van der Waals surface area contributed by atoms with Crippen molar-refractivity contribution in [2.24, 2.45) is 0 Å². The Kier molecular flexibility index (Phi) is 13.3. The highest BCUT2D eigenvalue weighted by Gasteiger charge is 2.00. The molecule has 3 nitrogen and oxygen atoms in total. The fourth-order valence-electron chi connectivity index (χ4n) is 1.54. The van der Waals surface area contributed by atoms with Crippen molar-refractivity contribution < 1.29 is 9.90 Å². The molecule has 2 N–H and O–H groups in total. The molecule has 0 heterocycles. The van der Waals surface area contributed by atoms with Gasteiger partial charge in [-0.15, -0.1) is 0 Å². The van der Waals surface area contributed by atoms with Crippen LogP contribution < -0.4 is 4.72 Å². The summed E-state index contributed by atoms with van der Waals surface area (Å²) in [6, 6.07) is 16.1. The SMILES string of the molecule is CC.CCC.O=C(O)CNSc1ccc(-c2ccc(Br)cc2)cc1. The molecule has 2 aromatic carbocycles. The zero-order valence-corrected chi connectivity index (χ0v) is 17.1. The van der Waals surface area contributed by atoms with Crippen molar-refractivity contribution in [3.05, 3.63) is 53.0 Å². The summed E-state index contributed by atoms with van der Waals surface area (Å²) >= 11 is 4.73. The second-order valence-corrected chi connectivity index (χ2v) is 6.44. The summed E-state index contributed by atoms with van der Waals surface area (Å²) in [7, 11) is 0. The van der Waals surface area contributed by atoms with Gasteiger partial charge in [0.15, 0.2) is 0 Å². The standard InChI is InChI=1S/C14H12BrNO2S.C3H8.C2H6/c15-12-5-1-10(2-6-12)11-3-7-13(8-4-11)19-16-9-14(17)18;1-3-2;1-2/h1-8,16H,9H2,(H,17,18);3H2,1-2H3;1-2H3. The van der Waals surface area contributed by atoms with E-state index >= 15 is 0 Å². The molecular weight excluding hydrogens is 386 g/mol. The number of carbonyl (C=O) groups is 1. The van der Waals surface area contributed by atoms with Gasteiger partial charge in [0.05, 0.1) is 0 Å². The topological polar surface area (TPSA) is 49.3 Å². The predicted molar refractivity (Wildman–Crippen MR) is 108 cm³/mol. The van der Waals surface area contributed by atoms with Crippen molar-refractivity contribution in [3.63, 3.8) is 0 Å². The number of rotatable bonds is 5. The monoisotopic (exact) mass is 411 g/mol. The molecule has 0 aliphatic carbocycles. The largest absolute Gasteiger partial charge is 0.480 e. The van der Waals surface area contributed by atoms with Crippen molar-refractivity contribution in [2.75, 3.05) is 6.54 Å². The quantitative estimate of drug-likeness (QED) is 0.571. The lowest BCUT2D eigenvalue weighted by molar-refractivity contribution is -0.135. The molecule has 2 rings (SSSR count). The van der Waals surface area contributed by atoms with E-state index in [0.717, 1.165) is 20.5 Å². The van der Waals surface area contributed by atoms with E-state index in [9.17, 15) is 4.79 Å². The maximum atomic E-state index is 10.4. The van der Waals surface area contributed by atoms with Gasteiger partial charge in [-0.25, -0.2) is 4.72 Å². The molecule has 0 amide bonds. The number of carboxylic acids is 1. The van der Waals surface area contributed by atoms with Crippen molar-refractivity contribution in [3.8, 4) is 11.1 Å². The Labute approximate surface area is 158 Å². The number of halogens is 1. The molecule has 0 unspecified atom stereocenters. The van der Waals surface area contributed by atoms with Gasteiger partial charge in [-0.1, -0.05) is 74.3 Å². The second kappa shape index (κ2) is 14.1. The Balaban J connectivity index is 0.000000952. The van der Waals surface area contributed by atoms with Gasteiger partial charge in [-0.05, 0) is 47.3 Å². The molecule has 0 aromatic heterocycles. The number of carboxylic acid groups (broad SMARTS) is 1. The molecule has 0 saturated heterocycles. The van der Waals surface area contributed by atoms with Gasteiger partial charge in [0.2, 0.25) is 0 Å². The van der Waals surface area contributed by atoms with Gasteiger partial charge >= 0.3 is 5.97 Å². The van der Waals surface area contributed by atoms with Gasteiger partial charge in [-0.3, -0.25) is 4.79 Å². The maximum absolute atomic E-state index is 10.4. The summed E-state index contributed by atoms with van der Waals surface area (Å²) in [5.74, 6) is -0.862. The Morgan fingerprint density at radius 1 is 1.00 bits per heavy atom. The van der Waals surface area contributed by atoms with Gasteiger partial charge in [-0.2, -0.15) is 0 Å². The Bertz CT molecular complexity index is 571. The van der Waals surface area contributed by atoms with Crippen LogP contribution in [0.1, 0.15) is 34.1 Å². The first kappa shape index (κ1) is 22.7. The first-order valence-corrected chi connectivity index (χ1v) is 9.65. The summed E-state index contributed by atoms with van der Waals surface area (Å²) in [5, 5.41) is 8.53. The lowest BCUT2D eigenvalue weighted by Crippen LogP contribution is -2.15. The predicted octanol–water partition coefficient (Wildman–Crippen LogP) is 6.24. The van der Waals surface area contributed by atoms with E-state index in [-0.39, 0.29) is 6.54 Å². The van der Waals surface area contributed by atoms with Gasteiger partial charge < -0.3 is 5.11 Å². The highest BCUT2D eigenvalue weighted by molar-refractivity contribution is 9.10. The van der Waals surface area contributed by atoms with Crippen molar-refractivity contribution in [1.29, 1.82) is 0 Å². The third kappa shape index (κ3) is 9.75. The third-order valence-corrected chi connectivity index (χ3v) is 3.77. The molecule has 0 bridgehead atoms. The highest BCUT2D eigenvalue weighted by Crippen LogP contribution is 2.24. The van der Waals surface area contributed by atoms with E-state index in [1.807, 2.05) is 50.2 Å². The van der Waals surface area contributed by atoms with Gasteiger partial charge in [0, 0.05) is 9.37 Å². The minimum atomic E-state index is -0.862. The van der Waals surface area contributed by atoms with Crippen molar-refractivity contribution in [2.45, 2.75) is 39.0 Å². The van der Waals surface area contributed by atoms with E-state index < -0.39 is 5.97 Å². The number of benzene rings is 2. The molecule has 0 fully saturated rings. The summed E-state index contributed by atoms with van der Waals surface area (Å²) in [5.41, 5.74) is 2.29. The third-order valence-electron chi connectivity index (χ3n) is 2.45. The van der Waals surface area contributed by atoms with Crippen LogP contribution in [0.5, 0.6) is 0 Å². The Morgan fingerprint density at radius 2 is 1.42 bits per heavy atom. The lowest BCUT2D eigenvalue weighted by Gasteiger charge is -2.04. The number of hydrogen-bond donors (Lipinski definition) is 2. The van der Waals surface area contributed by atoms with Crippen LogP contribution in [-0.4, -0.2) is 17.6 Å². The molecule has 0 aliphatic heterocycles. The van der Waals surface area contributed by atoms with Gasteiger partial charge in [0.1, 0.15) is 6.54 Å². The molecular formula is C19H26BrNO2S. The van der Waals surface area contributed by atoms with Crippen LogP contribution in [0.3, 0.4) is 0 Å². The number of aliphatic carboxylic acids is 1. The lowest BCUT2D eigenvalue weighted by atomic mass is 10.1. The average molecular weight is 412 g/mol. The number of nitrogens with one attached hydrogen (secondary N) is 1. The molecule has 0 spiro atoms. The van der Waals surface area contributed by atoms with Crippen LogP contribution in [-0.2, 0) is 4.79 Å². The highest BCUT2D eigenvalue weighted by atomic mass is 79.9. The van der Waals surface area contributed by atoms with Crippen LogP contribution in [0.2, 0.25) is 0 Å². The molecule has 24 heavy (non-hydrogen) atoms. The van der Waals surface area contributed by atoms with Crippen molar-refractivity contribution in [1.82, 2.24) is 4.72 Å². The Morgan fingerprint density at radius 3 is 1.83 bits per heavy atom. The average Bonchev–Trinajstić information content (AvgIpc) is 2.59. The Hall–Kier alpha value is -1.30. The summed E-state index contributed by atoms with van der Waals surface area (Å²) in [6.07, 6.45) is 1.25. The van der Waals surface area contributed by atoms with Crippen LogP contribution in [0.4, 0.5) is 0 Å². The molecule has 0 saturated carbocycles. The van der Waals surface area contributed by atoms with E-state index in [4.69, 9.17) is 5.11 Å². The molecule has 0 atom stereocenters. The van der Waals surface area contributed by atoms with E-state index in [1.54, 1.807) is 0 Å². The minimum Gasteiger partial charge on any atom is -0.480 e. The van der Waals surface area contributed by atoms with Crippen LogP contribution in [0, 0.1) is 0 Å². The van der Waals surface area contributed by atoms with E-state index in [2.05, 4.69) is 46.6 Å². The normalized spacial score (nSPS) is 9.21. The minimum absolute atomic E-state index is 0.0564. The zero-order chi connectivity index (χ0) is 18.4. The van der Waals surface area contributed by atoms with Crippen LogP contribution in [0.25, 0.3) is 11.1 Å². The van der Waals surface area contributed by atoms with Crippen LogP contribution in [0.15, 0.2) is 57.9 Å². The van der Waals surface area contributed by atoms with Crippen LogP contribution >= 0.6 is 27.9 Å². The first-order valence-electron chi connectivity index (χ1n) is 8.04. The van der Waals surface area contributed by atoms with E-state index in [0.29, 0.717) is 0 Å². The molecule has 132 valence electrons. The molecule has 5 heteroatoms. The van der Waals surface area contributed by atoms with Gasteiger partial charge in [0.25, 0.3) is 0 Å². The fourth-order valence-corrected chi connectivity index (χ4v) is 2.44. The summed E-state index contributed by atoms with van der Waals surface area (Å²) < 4.78 is 3.84. The molecule has 0 radical (unpaired) electrons. The summed E-state index contributed by atoms with van der Waals surface area (Å²) in [4.78, 5) is 11.4. The van der Waals surface area contributed by atoms with Crippen molar-refractivity contribution >= 4 is 33.8 Å².